The zero-order valence-corrected chi connectivity index (χ0v) is 10.4. The van der Waals surface area contributed by atoms with Crippen LogP contribution in [0.5, 0.6) is 0 Å². The highest BCUT2D eigenvalue weighted by Crippen LogP contribution is 2.38. The Kier molecular flexibility index (Phi) is 3.83. The minimum atomic E-state index is -0.00557. The Morgan fingerprint density at radius 3 is 2.12 bits per heavy atom. The molecule has 1 saturated heterocycles. The van der Waals surface area contributed by atoms with E-state index in [1.54, 1.807) is 0 Å². The first kappa shape index (κ1) is 11.9. The van der Waals surface area contributed by atoms with E-state index in [0.29, 0.717) is 0 Å². The van der Waals surface area contributed by atoms with Gasteiger partial charge in [0, 0.05) is 32.7 Å². The van der Waals surface area contributed by atoms with E-state index >= 15 is 0 Å². The molecule has 0 spiro atoms. The smallest absolute Gasteiger partial charge is 0.0703 e. The Bertz CT molecular complexity index is 255. The van der Waals surface area contributed by atoms with Crippen molar-refractivity contribution in [1.82, 2.24) is 9.80 Å². The number of hydrogen-bond acceptors (Lipinski definition) is 3. The lowest BCUT2D eigenvalue weighted by molar-refractivity contribution is 0.107. The van der Waals surface area contributed by atoms with Gasteiger partial charge in [-0.3, -0.25) is 4.90 Å². The molecule has 2 rings (SSSR count). The Labute approximate surface area is 99.0 Å². The van der Waals surface area contributed by atoms with Gasteiger partial charge in [0.2, 0.25) is 0 Å². The monoisotopic (exact) mass is 221 g/mol. The molecule has 3 heteroatoms. The molecule has 16 heavy (non-hydrogen) atoms. The van der Waals surface area contributed by atoms with Crippen molar-refractivity contribution in [2.75, 3.05) is 39.3 Å². The van der Waals surface area contributed by atoms with E-state index in [0.717, 1.165) is 39.0 Å². The molecule has 0 atom stereocenters. The quantitative estimate of drug-likeness (QED) is 0.727. The van der Waals surface area contributed by atoms with Crippen LogP contribution in [0.25, 0.3) is 0 Å². The van der Waals surface area contributed by atoms with Crippen molar-refractivity contribution >= 4 is 0 Å². The molecular formula is C13H23N3. The maximum Gasteiger partial charge on any atom is 0.0703 e. The molecule has 1 saturated carbocycles. The van der Waals surface area contributed by atoms with E-state index in [1.165, 1.54) is 25.9 Å². The van der Waals surface area contributed by atoms with Crippen LogP contribution in [0, 0.1) is 16.7 Å². The summed E-state index contributed by atoms with van der Waals surface area (Å²) in [6.45, 7) is 9.06. The van der Waals surface area contributed by atoms with Crippen molar-refractivity contribution in [3.63, 3.8) is 0 Å². The summed E-state index contributed by atoms with van der Waals surface area (Å²) >= 11 is 0. The van der Waals surface area contributed by atoms with Gasteiger partial charge in [-0.15, -0.1) is 0 Å². The second kappa shape index (κ2) is 5.16. The topological polar surface area (TPSA) is 30.3 Å². The predicted molar refractivity (Wildman–Crippen MR) is 65.1 cm³/mol. The Hall–Kier alpha value is -0.590. The lowest BCUT2D eigenvalue weighted by atomic mass is 9.87. The summed E-state index contributed by atoms with van der Waals surface area (Å²) < 4.78 is 0. The molecule has 0 bridgehead atoms. The first-order valence-corrected chi connectivity index (χ1v) is 6.64. The van der Waals surface area contributed by atoms with Crippen molar-refractivity contribution in [3.8, 4) is 6.07 Å². The molecule has 2 fully saturated rings. The average molecular weight is 221 g/mol. The zero-order valence-electron chi connectivity index (χ0n) is 10.4. The summed E-state index contributed by atoms with van der Waals surface area (Å²) in [5.41, 5.74) is -0.00557. The van der Waals surface area contributed by atoms with Gasteiger partial charge >= 0.3 is 0 Å². The van der Waals surface area contributed by atoms with Gasteiger partial charge in [-0.1, -0.05) is 19.8 Å². The van der Waals surface area contributed by atoms with Crippen molar-refractivity contribution in [1.29, 1.82) is 5.26 Å². The summed E-state index contributed by atoms with van der Waals surface area (Å²) in [5.74, 6) is 0. The summed E-state index contributed by atoms with van der Waals surface area (Å²) in [5, 5.41) is 9.36. The van der Waals surface area contributed by atoms with Crippen LogP contribution in [0.3, 0.4) is 0 Å². The van der Waals surface area contributed by atoms with Crippen molar-refractivity contribution < 1.29 is 0 Å². The third kappa shape index (κ3) is 2.56. The highest BCUT2D eigenvalue weighted by Gasteiger charge is 2.36. The summed E-state index contributed by atoms with van der Waals surface area (Å²) in [4.78, 5) is 4.99. The summed E-state index contributed by atoms with van der Waals surface area (Å²) in [6, 6.07) is 2.59. The van der Waals surface area contributed by atoms with Crippen molar-refractivity contribution in [2.45, 2.75) is 32.6 Å². The lowest BCUT2D eigenvalue weighted by Crippen LogP contribution is -2.49. The molecular weight excluding hydrogens is 198 g/mol. The van der Waals surface area contributed by atoms with Crippen molar-refractivity contribution in [2.24, 2.45) is 5.41 Å². The van der Waals surface area contributed by atoms with Gasteiger partial charge in [0.25, 0.3) is 0 Å². The van der Waals surface area contributed by atoms with E-state index in [1.807, 2.05) is 0 Å². The van der Waals surface area contributed by atoms with E-state index in [9.17, 15) is 5.26 Å². The van der Waals surface area contributed by atoms with Gasteiger partial charge in [-0.2, -0.15) is 5.26 Å². The van der Waals surface area contributed by atoms with E-state index < -0.39 is 0 Å². The van der Waals surface area contributed by atoms with Gasteiger partial charge in [0.15, 0.2) is 0 Å². The van der Waals surface area contributed by atoms with Crippen LogP contribution in [0.1, 0.15) is 32.6 Å². The summed E-state index contributed by atoms with van der Waals surface area (Å²) in [7, 11) is 0. The first-order valence-electron chi connectivity index (χ1n) is 6.64. The van der Waals surface area contributed by atoms with Crippen LogP contribution in [0.2, 0.25) is 0 Å². The molecule has 0 aromatic heterocycles. The van der Waals surface area contributed by atoms with Crippen LogP contribution in [0.4, 0.5) is 0 Å². The fourth-order valence-electron chi connectivity index (χ4n) is 3.05. The highest BCUT2D eigenvalue weighted by molar-refractivity contribution is 5.04. The molecule has 0 unspecified atom stereocenters. The van der Waals surface area contributed by atoms with Gasteiger partial charge in [-0.25, -0.2) is 0 Å². The maximum atomic E-state index is 9.36. The standard InChI is InChI=1S/C13H23N3/c1-2-15-7-9-16(10-8-15)12-13(11-14)5-3-4-6-13/h2-10,12H2,1H3. The number of piperazine rings is 1. The van der Waals surface area contributed by atoms with Crippen LogP contribution < -0.4 is 0 Å². The van der Waals surface area contributed by atoms with E-state index in [-0.39, 0.29) is 5.41 Å². The SMILES string of the molecule is CCN1CCN(CC2(C#N)CCCC2)CC1. The van der Waals surface area contributed by atoms with Gasteiger partial charge in [0.05, 0.1) is 11.5 Å². The fourth-order valence-corrected chi connectivity index (χ4v) is 3.05. The molecule has 0 aromatic carbocycles. The van der Waals surface area contributed by atoms with Crippen LogP contribution >= 0.6 is 0 Å². The number of likely N-dealkylation sites (N-methyl/N-ethyl adjacent to an activating group) is 1. The number of rotatable bonds is 3. The molecule has 1 aliphatic carbocycles. The third-order valence-corrected chi connectivity index (χ3v) is 4.24. The second-order valence-corrected chi connectivity index (χ2v) is 5.31. The zero-order chi connectivity index (χ0) is 11.4. The van der Waals surface area contributed by atoms with Crippen LogP contribution in [-0.4, -0.2) is 49.1 Å². The molecule has 1 heterocycles. The lowest BCUT2D eigenvalue weighted by Gasteiger charge is -2.37. The van der Waals surface area contributed by atoms with Crippen LogP contribution in [0.15, 0.2) is 0 Å². The molecule has 2 aliphatic rings. The molecule has 1 aliphatic heterocycles. The molecule has 0 radical (unpaired) electrons. The number of hydrogen-bond donors (Lipinski definition) is 0. The first-order chi connectivity index (χ1) is 7.78. The summed E-state index contributed by atoms with van der Waals surface area (Å²) in [6.07, 6.45) is 4.75. The van der Waals surface area contributed by atoms with Gasteiger partial charge in [-0.05, 0) is 19.4 Å². The molecule has 0 N–H and O–H groups in total. The van der Waals surface area contributed by atoms with E-state index in [4.69, 9.17) is 0 Å². The normalized spacial score (nSPS) is 26.8. The van der Waals surface area contributed by atoms with E-state index in [2.05, 4.69) is 22.8 Å². The molecule has 90 valence electrons. The fraction of sp³-hybridized carbons (Fsp3) is 0.923. The Morgan fingerprint density at radius 1 is 1.06 bits per heavy atom. The Balaban J connectivity index is 1.84. The van der Waals surface area contributed by atoms with Crippen LogP contribution in [-0.2, 0) is 0 Å². The predicted octanol–water partition coefficient (Wildman–Crippen LogP) is 1.71. The van der Waals surface area contributed by atoms with Gasteiger partial charge < -0.3 is 4.90 Å². The highest BCUT2D eigenvalue weighted by atomic mass is 15.3. The van der Waals surface area contributed by atoms with Gasteiger partial charge in [0.1, 0.15) is 0 Å². The third-order valence-electron chi connectivity index (χ3n) is 4.24. The molecule has 0 aromatic rings. The largest absolute Gasteiger partial charge is 0.301 e. The molecule has 0 amide bonds. The molecule has 3 nitrogen and oxygen atoms in total. The average Bonchev–Trinajstić information content (AvgIpc) is 2.79. The van der Waals surface area contributed by atoms with Crippen molar-refractivity contribution in [3.05, 3.63) is 0 Å². The number of nitriles is 1. The number of nitrogens with zero attached hydrogens (tertiary/aromatic N) is 3. The second-order valence-electron chi connectivity index (χ2n) is 5.31. The Morgan fingerprint density at radius 2 is 1.62 bits per heavy atom. The minimum Gasteiger partial charge on any atom is -0.301 e. The minimum absolute atomic E-state index is 0.00557. The maximum absolute atomic E-state index is 9.36.